The molecule has 5 rings (SSSR count). The Bertz CT molecular complexity index is 937. The molecule has 6 heteroatoms. The van der Waals surface area contributed by atoms with Gasteiger partial charge in [0.05, 0.1) is 14.2 Å². The second-order valence-electron chi connectivity index (χ2n) is 7.69. The van der Waals surface area contributed by atoms with Gasteiger partial charge >= 0.3 is 0 Å². The maximum absolute atomic E-state index is 5.85. The number of methoxy groups -OCH3 is 2. The van der Waals surface area contributed by atoms with Crippen LogP contribution in [0.4, 0.5) is 0 Å². The summed E-state index contributed by atoms with van der Waals surface area (Å²) in [5, 5.41) is 0. The third kappa shape index (κ3) is 2.40. The minimum Gasteiger partial charge on any atom is -0.493 e. The number of hydrogen-bond donors (Lipinski definition) is 0. The van der Waals surface area contributed by atoms with Gasteiger partial charge in [0, 0.05) is 11.5 Å². The van der Waals surface area contributed by atoms with Crippen molar-refractivity contribution >= 4 is 0 Å². The van der Waals surface area contributed by atoms with Crippen LogP contribution in [-0.4, -0.2) is 27.8 Å². The van der Waals surface area contributed by atoms with Crippen molar-refractivity contribution in [3.8, 4) is 34.5 Å². The van der Waals surface area contributed by atoms with E-state index >= 15 is 0 Å². The Labute approximate surface area is 164 Å². The topological polar surface area (TPSA) is 55.4 Å². The fourth-order valence-electron chi connectivity index (χ4n) is 4.71. The molecule has 3 aliphatic rings. The summed E-state index contributed by atoms with van der Waals surface area (Å²) in [5.41, 5.74) is 3.53. The molecule has 2 aromatic carbocycles. The van der Waals surface area contributed by atoms with E-state index < -0.39 is 0 Å². The Kier molecular flexibility index (Phi) is 3.96. The highest BCUT2D eigenvalue weighted by molar-refractivity contribution is 5.65. The fourth-order valence-corrected chi connectivity index (χ4v) is 4.71. The minimum absolute atomic E-state index is 0.117. The van der Waals surface area contributed by atoms with Gasteiger partial charge < -0.3 is 28.4 Å². The summed E-state index contributed by atoms with van der Waals surface area (Å²) in [6.45, 7) is 5.02. The Morgan fingerprint density at radius 3 is 2.29 bits per heavy atom. The molecule has 0 amide bonds. The molecule has 0 radical (unpaired) electrons. The average Bonchev–Trinajstić information content (AvgIpc) is 3.35. The quantitative estimate of drug-likeness (QED) is 0.793. The fraction of sp³-hybridized carbons (Fsp3) is 0.455. The molecule has 0 aromatic heterocycles. The van der Waals surface area contributed by atoms with E-state index in [1.807, 2.05) is 0 Å². The van der Waals surface area contributed by atoms with Gasteiger partial charge in [0.2, 0.25) is 25.1 Å². The van der Waals surface area contributed by atoms with Crippen molar-refractivity contribution in [1.29, 1.82) is 0 Å². The first-order valence-electron chi connectivity index (χ1n) is 9.59. The maximum atomic E-state index is 5.85. The van der Waals surface area contributed by atoms with Crippen LogP contribution in [0.2, 0.25) is 0 Å². The zero-order chi connectivity index (χ0) is 19.4. The van der Waals surface area contributed by atoms with Gasteiger partial charge in [-0.3, -0.25) is 0 Å². The lowest BCUT2D eigenvalue weighted by molar-refractivity contribution is 0.171. The smallest absolute Gasteiger partial charge is 0.231 e. The predicted octanol–water partition coefficient (Wildman–Crippen LogP) is 4.12. The van der Waals surface area contributed by atoms with Crippen LogP contribution in [0.25, 0.3) is 0 Å². The summed E-state index contributed by atoms with van der Waals surface area (Å²) >= 11 is 0. The highest BCUT2D eigenvalue weighted by atomic mass is 16.7. The third-order valence-corrected chi connectivity index (χ3v) is 6.26. The van der Waals surface area contributed by atoms with Gasteiger partial charge in [-0.05, 0) is 47.6 Å². The number of ether oxygens (including phenoxy) is 6. The largest absolute Gasteiger partial charge is 0.493 e. The van der Waals surface area contributed by atoms with Crippen LogP contribution < -0.4 is 28.4 Å². The van der Waals surface area contributed by atoms with Crippen molar-refractivity contribution in [2.45, 2.75) is 26.2 Å². The third-order valence-electron chi connectivity index (χ3n) is 6.26. The molecule has 148 valence electrons. The zero-order valence-corrected chi connectivity index (χ0v) is 16.5. The molecule has 2 aromatic rings. The summed E-state index contributed by atoms with van der Waals surface area (Å²) in [6, 6.07) is 6.23. The summed E-state index contributed by atoms with van der Waals surface area (Å²) in [6.07, 6.45) is 0.974. The second kappa shape index (κ2) is 6.40. The van der Waals surface area contributed by atoms with E-state index in [2.05, 4.69) is 32.0 Å². The zero-order valence-electron chi connectivity index (χ0n) is 16.5. The van der Waals surface area contributed by atoms with E-state index in [1.54, 1.807) is 14.2 Å². The van der Waals surface area contributed by atoms with Crippen molar-refractivity contribution in [3.05, 3.63) is 34.9 Å². The van der Waals surface area contributed by atoms with E-state index in [-0.39, 0.29) is 19.5 Å². The van der Waals surface area contributed by atoms with Crippen LogP contribution >= 0.6 is 0 Å². The SMILES string of the molecule is COc1cc(C2c3c(cc4c(c3OC)OCO4)CC(C)C2C)cc2c1OCO2. The molecule has 2 aliphatic heterocycles. The average molecular weight is 384 g/mol. The van der Waals surface area contributed by atoms with Gasteiger partial charge in [-0.2, -0.15) is 0 Å². The molecule has 0 saturated heterocycles. The molecule has 0 fully saturated rings. The normalized spacial score (nSPS) is 24.1. The summed E-state index contributed by atoms with van der Waals surface area (Å²) in [7, 11) is 3.35. The Hall–Kier alpha value is -2.76. The van der Waals surface area contributed by atoms with Crippen LogP contribution in [0, 0.1) is 11.8 Å². The molecular formula is C22H24O6. The van der Waals surface area contributed by atoms with Crippen molar-refractivity contribution in [1.82, 2.24) is 0 Å². The van der Waals surface area contributed by atoms with Gasteiger partial charge in [-0.15, -0.1) is 0 Å². The Morgan fingerprint density at radius 1 is 0.857 bits per heavy atom. The van der Waals surface area contributed by atoms with Crippen LogP contribution in [0.3, 0.4) is 0 Å². The number of benzene rings is 2. The van der Waals surface area contributed by atoms with Crippen molar-refractivity contribution in [2.75, 3.05) is 27.8 Å². The second-order valence-corrected chi connectivity index (χ2v) is 7.69. The number of hydrogen-bond acceptors (Lipinski definition) is 6. The van der Waals surface area contributed by atoms with Crippen molar-refractivity contribution in [3.63, 3.8) is 0 Å². The molecule has 0 bridgehead atoms. The van der Waals surface area contributed by atoms with Gasteiger partial charge in [-0.25, -0.2) is 0 Å². The number of fused-ring (bicyclic) bond motifs is 3. The Morgan fingerprint density at radius 2 is 1.57 bits per heavy atom. The summed E-state index contributed by atoms with van der Waals surface area (Å²) < 4.78 is 34.1. The van der Waals surface area contributed by atoms with Gasteiger partial charge in [0.1, 0.15) is 0 Å². The molecule has 3 unspecified atom stereocenters. The first kappa shape index (κ1) is 17.3. The van der Waals surface area contributed by atoms with E-state index in [0.717, 1.165) is 29.2 Å². The Balaban J connectivity index is 1.73. The molecule has 1 aliphatic carbocycles. The highest BCUT2D eigenvalue weighted by Gasteiger charge is 2.39. The van der Waals surface area contributed by atoms with Gasteiger partial charge in [0.15, 0.2) is 23.0 Å². The van der Waals surface area contributed by atoms with Gasteiger partial charge in [0.25, 0.3) is 0 Å². The highest BCUT2D eigenvalue weighted by Crippen LogP contribution is 2.55. The molecule has 0 N–H and O–H groups in total. The number of rotatable bonds is 3. The molecule has 0 spiro atoms. The predicted molar refractivity (Wildman–Crippen MR) is 102 cm³/mol. The van der Waals surface area contributed by atoms with E-state index in [0.29, 0.717) is 29.1 Å². The monoisotopic (exact) mass is 384 g/mol. The summed E-state index contributed by atoms with van der Waals surface area (Å²) in [4.78, 5) is 0. The molecule has 2 heterocycles. The van der Waals surface area contributed by atoms with E-state index in [1.165, 1.54) is 11.1 Å². The van der Waals surface area contributed by atoms with Crippen LogP contribution in [-0.2, 0) is 6.42 Å². The standard InChI is InChI=1S/C22H24O6/c1-11-5-13-7-17-21(28-10-26-17)22(24-4)19(13)18(12(11)2)14-6-15(23-3)20-16(8-14)25-9-27-20/h6-8,11-12,18H,5,9-10H2,1-4H3. The maximum Gasteiger partial charge on any atom is 0.231 e. The van der Waals surface area contributed by atoms with E-state index in [4.69, 9.17) is 28.4 Å². The minimum atomic E-state index is 0.117. The lowest BCUT2D eigenvalue weighted by Crippen LogP contribution is -2.27. The van der Waals surface area contributed by atoms with Crippen molar-refractivity contribution < 1.29 is 28.4 Å². The molecule has 0 saturated carbocycles. The van der Waals surface area contributed by atoms with Crippen LogP contribution in [0.15, 0.2) is 18.2 Å². The lowest BCUT2D eigenvalue weighted by Gasteiger charge is -2.37. The molecule has 3 atom stereocenters. The van der Waals surface area contributed by atoms with Crippen LogP contribution in [0.1, 0.15) is 36.5 Å². The first-order valence-corrected chi connectivity index (χ1v) is 9.59. The molecule has 6 nitrogen and oxygen atoms in total. The van der Waals surface area contributed by atoms with E-state index in [9.17, 15) is 0 Å². The summed E-state index contributed by atoms with van der Waals surface area (Å²) in [5.74, 6) is 5.32. The first-order chi connectivity index (χ1) is 13.6. The van der Waals surface area contributed by atoms with Crippen LogP contribution in [0.5, 0.6) is 34.5 Å². The lowest BCUT2D eigenvalue weighted by atomic mass is 9.67. The molecular weight excluding hydrogens is 360 g/mol. The van der Waals surface area contributed by atoms with Gasteiger partial charge in [-0.1, -0.05) is 13.8 Å². The molecule has 28 heavy (non-hydrogen) atoms. The van der Waals surface area contributed by atoms with Crippen molar-refractivity contribution in [2.24, 2.45) is 11.8 Å².